The molecule has 0 aliphatic carbocycles. The number of aromatic nitrogens is 1. The number of nitriles is 1. The van der Waals surface area contributed by atoms with Crippen molar-refractivity contribution in [2.24, 2.45) is 10.2 Å². The average molecular weight is 542 g/mol. The van der Waals surface area contributed by atoms with Gasteiger partial charge in [0.2, 0.25) is 6.43 Å². The molecule has 10 heteroatoms. The lowest BCUT2D eigenvalue weighted by molar-refractivity contribution is 0.106. The molecule has 1 aliphatic rings. The minimum atomic E-state index is -3.67. The van der Waals surface area contributed by atoms with Crippen LogP contribution in [0, 0.1) is 11.3 Å². The number of fused-ring (bicyclic) bond motifs is 1. The lowest BCUT2D eigenvalue weighted by atomic mass is 9.98. The molecule has 0 saturated heterocycles. The first-order valence-electron chi connectivity index (χ1n) is 12.1. The number of likely N-dealkylation sites (N-methyl/N-ethyl adjacent to an activating group) is 1. The van der Waals surface area contributed by atoms with Crippen LogP contribution in [-0.2, 0) is 6.42 Å². The Hall–Kier alpha value is -4.26. The maximum absolute atomic E-state index is 13.8. The molecule has 0 saturated carbocycles. The van der Waals surface area contributed by atoms with Crippen LogP contribution in [0.25, 0.3) is 5.57 Å². The van der Waals surface area contributed by atoms with Crippen molar-refractivity contribution in [2.75, 3.05) is 7.05 Å². The highest BCUT2D eigenvalue weighted by atomic mass is 19.3. The molecule has 206 valence electrons. The van der Waals surface area contributed by atoms with E-state index in [9.17, 15) is 22.7 Å². The van der Waals surface area contributed by atoms with Crippen LogP contribution in [-0.4, -0.2) is 34.4 Å². The van der Waals surface area contributed by atoms with Gasteiger partial charge >= 0.3 is 5.92 Å². The number of rotatable bonds is 8. The van der Waals surface area contributed by atoms with E-state index < -0.39 is 24.3 Å². The van der Waals surface area contributed by atoms with Crippen LogP contribution in [0.3, 0.4) is 0 Å². The summed E-state index contributed by atoms with van der Waals surface area (Å²) in [5.41, 5.74) is 2.21. The molecule has 2 heterocycles. The van der Waals surface area contributed by atoms with Gasteiger partial charge in [-0.05, 0) is 75.7 Å². The Kier molecular flexibility index (Phi) is 11.2. The van der Waals surface area contributed by atoms with Crippen LogP contribution in [0.4, 0.5) is 23.2 Å². The van der Waals surface area contributed by atoms with Crippen LogP contribution < -0.4 is 0 Å². The third-order valence-corrected chi connectivity index (χ3v) is 5.77. The number of hydrogen-bond donors (Lipinski definition) is 1. The van der Waals surface area contributed by atoms with Gasteiger partial charge in [-0.3, -0.25) is 4.98 Å². The predicted octanol–water partition coefficient (Wildman–Crippen LogP) is 8.51. The lowest BCUT2D eigenvalue weighted by Gasteiger charge is -2.18. The summed E-state index contributed by atoms with van der Waals surface area (Å²) in [4.78, 5) is 6.35. The molecule has 2 rings (SSSR count). The monoisotopic (exact) mass is 541 g/mol. The smallest absolute Gasteiger partial charge is 0.353 e. The highest BCUT2D eigenvalue weighted by Gasteiger charge is 2.30. The van der Waals surface area contributed by atoms with Gasteiger partial charge in [0.05, 0.1) is 6.20 Å². The summed E-state index contributed by atoms with van der Waals surface area (Å²) >= 11 is 0. The molecular weight excluding hydrogens is 510 g/mol. The molecule has 0 spiro atoms. The van der Waals surface area contributed by atoms with Gasteiger partial charge in [0, 0.05) is 36.0 Å². The van der Waals surface area contributed by atoms with E-state index in [2.05, 4.69) is 15.2 Å². The summed E-state index contributed by atoms with van der Waals surface area (Å²) in [5.74, 6) is -3.93. The van der Waals surface area contributed by atoms with Gasteiger partial charge in [-0.2, -0.15) is 19.2 Å². The molecule has 1 N–H and O–H groups in total. The number of aryl methyl sites for hydroxylation is 1. The van der Waals surface area contributed by atoms with Crippen molar-refractivity contribution in [3.8, 4) is 6.07 Å². The van der Waals surface area contributed by atoms with Gasteiger partial charge in [-0.15, -0.1) is 5.11 Å². The number of nitrogens with zero attached hydrogens (tertiary/aromatic N) is 5. The van der Waals surface area contributed by atoms with E-state index >= 15 is 0 Å². The molecule has 0 atom stereocenters. The third kappa shape index (κ3) is 8.64. The Morgan fingerprint density at radius 3 is 2.54 bits per heavy atom. The first kappa shape index (κ1) is 31.0. The Balaban J connectivity index is 2.83. The van der Waals surface area contributed by atoms with Crippen molar-refractivity contribution < 1.29 is 22.7 Å². The van der Waals surface area contributed by atoms with Crippen molar-refractivity contribution in [3.05, 3.63) is 101 Å². The third-order valence-electron chi connectivity index (χ3n) is 5.77. The van der Waals surface area contributed by atoms with Gasteiger partial charge in [-0.1, -0.05) is 24.3 Å². The van der Waals surface area contributed by atoms with Crippen molar-refractivity contribution in [2.45, 2.75) is 52.9 Å². The second-order valence-corrected chi connectivity index (χ2v) is 8.77. The summed E-state index contributed by atoms with van der Waals surface area (Å²) in [6, 6.07) is 4.05. The highest BCUT2D eigenvalue weighted by Crippen LogP contribution is 2.34. The van der Waals surface area contributed by atoms with Crippen molar-refractivity contribution in [1.82, 2.24) is 9.88 Å². The zero-order chi connectivity index (χ0) is 29.2. The first-order valence-corrected chi connectivity index (χ1v) is 12.1. The molecule has 39 heavy (non-hydrogen) atoms. The summed E-state index contributed by atoms with van der Waals surface area (Å²) < 4.78 is 53.3. The zero-order valence-corrected chi connectivity index (χ0v) is 22.5. The molecule has 1 aromatic heterocycles. The molecule has 0 fully saturated rings. The van der Waals surface area contributed by atoms with Gasteiger partial charge in [0.1, 0.15) is 23.2 Å². The summed E-state index contributed by atoms with van der Waals surface area (Å²) in [5, 5.41) is 28.3. The number of azo groups is 1. The van der Waals surface area contributed by atoms with Crippen molar-refractivity contribution in [1.29, 1.82) is 5.26 Å². The molecular formula is C29H31F4N5O. The minimum Gasteiger partial charge on any atom is -0.507 e. The fourth-order valence-corrected chi connectivity index (χ4v) is 3.59. The second-order valence-electron chi connectivity index (χ2n) is 8.77. The van der Waals surface area contributed by atoms with E-state index in [0.29, 0.717) is 11.3 Å². The number of pyridine rings is 1. The number of halogens is 4. The molecule has 6 nitrogen and oxygen atoms in total. The lowest BCUT2D eigenvalue weighted by Crippen LogP contribution is -2.13. The number of aliphatic hydroxyl groups is 1. The summed E-state index contributed by atoms with van der Waals surface area (Å²) in [6.45, 7) is 6.40. The maximum Gasteiger partial charge on any atom is 0.353 e. The Bertz CT molecular complexity index is 1340. The van der Waals surface area contributed by atoms with Crippen LogP contribution in [0.5, 0.6) is 0 Å². The van der Waals surface area contributed by atoms with Gasteiger partial charge < -0.3 is 10.0 Å². The van der Waals surface area contributed by atoms with E-state index in [1.807, 2.05) is 38.1 Å². The van der Waals surface area contributed by atoms with E-state index in [0.717, 1.165) is 30.3 Å². The van der Waals surface area contributed by atoms with Crippen molar-refractivity contribution >= 4 is 11.3 Å². The minimum absolute atomic E-state index is 0.0233. The Morgan fingerprint density at radius 1 is 1.18 bits per heavy atom. The zero-order valence-electron chi connectivity index (χ0n) is 22.5. The predicted molar refractivity (Wildman–Crippen MR) is 144 cm³/mol. The van der Waals surface area contributed by atoms with Crippen LogP contribution >= 0.6 is 0 Å². The molecule has 0 amide bonds. The molecule has 0 radical (unpaired) electrons. The first-order chi connectivity index (χ1) is 18.4. The maximum atomic E-state index is 13.8. The van der Waals surface area contributed by atoms with E-state index in [4.69, 9.17) is 5.26 Å². The van der Waals surface area contributed by atoms with Gasteiger partial charge in [0.25, 0.3) is 0 Å². The fourth-order valence-electron chi connectivity index (χ4n) is 3.59. The van der Waals surface area contributed by atoms with Crippen LogP contribution in [0.2, 0.25) is 0 Å². The second kappa shape index (κ2) is 14.0. The van der Waals surface area contributed by atoms with E-state index in [1.165, 1.54) is 18.4 Å². The van der Waals surface area contributed by atoms with Gasteiger partial charge in [0.15, 0.2) is 0 Å². The van der Waals surface area contributed by atoms with Crippen molar-refractivity contribution in [3.63, 3.8) is 0 Å². The quantitative estimate of drug-likeness (QED) is 0.264. The number of hydrogen-bond acceptors (Lipinski definition) is 6. The summed E-state index contributed by atoms with van der Waals surface area (Å²) in [6.07, 6.45) is 9.50. The Labute approximate surface area is 226 Å². The molecule has 1 aliphatic heterocycles. The number of alkyl halides is 4. The number of allylic oxidation sites excluding steroid dienone is 10. The van der Waals surface area contributed by atoms with Crippen LogP contribution in [0.1, 0.15) is 45.5 Å². The molecule has 0 aromatic carbocycles. The average Bonchev–Trinajstić information content (AvgIpc) is 2.89. The topological polar surface area (TPSA) is 84.9 Å². The van der Waals surface area contributed by atoms with E-state index in [1.54, 1.807) is 31.2 Å². The summed E-state index contributed by atoms with van der Waals surface area (Å²) in [7, 11) is 1.85. The molecule has 0 bridgehead atoms. The largest absolute Gasteiger partial charge is 0.507 e. The molecule has 1 aromatic rings. The van der Waals surface area contributed by atoms with Gasteiger partial charge in [-0.25, -0.2) is 8.78 Å². The fraction of sp³-hybridized carbons (Fsp3) is 0.310. The number of aliphatic hydroxyl groups excluding tert-OH is 1. The Morgan fingerprint density at radius 2 is 1.90 bits per heavy atom. The van der Waals surface area contributed by atoms with Crippen LogP contribution in [0.15, 0.2) is 99.4 Å². The van der Waals surface area contributed by atoms with E-state index in [-0.39, 0.29) is 29.1 Å². The standard InChI is InChI=1S/C29H31F4N5O/c1-6-17-38(5)24-15-16-35-37-23-12-10-22(11-14-26(30)31)36-28(23)27(25(39)13-8-19(24)2)20(3)7-9-21(4)29(32,33)18-34/h6-10,12-13,15-17,26,39H,11,14H2,1-5H3/b13-8-,16-15?,17-6-,19-8?,20-7+,21-9+,24-15?,24-19?,25-13?,27-25-,28-27?,35-16?,37-23?,37-35?. The highest BCUT2D eigenvalue weighted by molar-refractivity contribution is 5.84. The SMILES string of the molecule is C/C=C\N(C)C1=C(C)\C=C/C(O)=C(\C(C)=C\C=C(/C)C(F)(F)C#N)c2nc(CCC(F)F)ccc2N=NC=C1. The molecule has 0 unspecified atom stereocenters. The normalized spacial score (nSPS) is 18.2.